The van der Waals surface area contributed by atoms with Crippen LogP contribution in [0.15, 0.2) is 18.2 Å². The molecule has 0 amide bonds. The molecule has 1 aromatic rings. The van der Waals surface area contributed by atoms with Crippen molar-refractivity contribution in [2.24, 2.45) is 0 Å². The molecular formula is C11H9Cl2F3O2. The van der Waals surface area contributed by atoms with Crippen molar-refractivity contribution in [2.45, 2.75) is 18.4 Å². The largest absolute Gasteiger partial charge is 0.418 e. The number of halogens is 5. The Morgan fingerprint density at radius 2 is 1.89 bits per heavy atom. The van der Waals surface area contributed by atoms with Gasteiger partial charge in [0.25, 0.3) is 0 Å². The average Bonchev–Trinajstić information content (AvgIpc) is 3.04. The Kier molecular flexibility index (Phi) is 4.06. The van der Waals surface area contributed by atoms with E-state index in [1.807, 2.05) is 0 Å². The SMILES string of the molecule is FC(F)(F)[C@@H](OC[C@H]1CO1)c1c(Cl)cccc1Cl. The van der Waals surface area contributed by atoms with Crippen molar-refractivity contribution in [1.82, 2.24) is 0 Å². The second-order valence-electron chi connectivity index (χ2n) is 3.85. The number of hydrogen-bond donors (Lipinski definition) is 0. The molecule has 2 nitrogen and oxygen atoms in total. The average molecular weight is 301 g/mol. The number of ether oxygens (including phenoxy) is 2. The third kappa shape index (κ3) is 3.29. The van der Waals surface area contributed by atoms with Crippen molar-refractivity contribution in [2.75, 3.05) is 13.2 Å². The first-order chi connectivity index (χ1) is 8.39. The zero-order valence-electron chi connectivity index (χ0n) is 9.01. The van der Waals surface area contributed by atoms with Gasteiger partial charge < -0.3 is 9.47 Å². The second-order valence-corrected chi connectivity index (χ2v) is 4.66. The molecule has 2 rings (SSSR count). The fourth-order valence-electron chi connectivity index (χ4n) is 1.47. The van der Waals surface area contributed by atoms with E-state index in [0.717, 1.165) is 0 Å². The summed E-state index contributed by atoms with van der Waals surface area (Å²) < 4.78 is 48.5. The molecule has 18 heavy (non-hydrogen) atoms. The van der Waals surface area contributed by atoms with Crippen LogP contribution < -0.4 is 0 Å². The van der Waals surface area contributed by atoms with Crippen LogP contribution in [0, 0.1) is 0 Å². The lowest BCUT2D eigenvalue weighted by Gasteiger charge is -2.22. The van der Waals surface area contributed by atoms with Crippen LogP contribution >= 0.6 is 23.2 Å². The molecule has 0 aliphatic carbocycles. The van der Waals surface area contributed by atoms with Gasteiger partial charge in [-0.15, -0.1) is 0 Å². The highest BCUT2D eigenvalue weighted by molar-refractivity contribution is 6.36. The monoisotopic (exact) mass is 300 g/mol. The molecule has 0 spiro atoms. The second kappa shape index (κ2) is 5.25. The summed E-state index contributed by atoms with van der Waals surface area (Å²) in [7, 11) is 0. The normalized spacial score (nSPS) is 20.8. The topological polar surface area (TPSA) is 21.8 Å². The predicted octanol–water partition coefficient (Wildman–Crippen LogP) is 4.01. The van der Waals surface area contributed by atoms with Gasteiger partial charge >= 0.3 is 6.18 Å². The minimum absolute atomic E-state index is 0.0680. The van der Waals surface area contributed by atoms with Crippen LogP contribution in [0.5, 0.6) is 0 Å². The van der Waals surface area contributed by atoms with E-state index in [0.29, 0.717) is 6.61 Å². The van der Waals surface area contributed by atoms with E-state index in [4.69, 9.17) is 32.7 Å². The van der Waals surface area contributed by atoms with E-state index < -0.39 is 12.3 Å². The highest BCUT2D eigenvalue weighted by Gasteiger charge is 2.45. The number of benzene rings is 1. The lowest BCUT2D eigenvalue weighted by Crippen LogP contribution is -2.25. The van der Waals surface area contributed by atoms with Crippen LogP contribution in [0.3, 0.4) is 0 Å². The molecule has 1 saturated heterocycles. The Morgan fingerprint density at radius 3 is 2.33 bits per heavy atom. The van der Waals surface area contributed by atoms with Gasteiger partial charge in [-0.2, -0.15) is 13.2 Å². The van der Waals surface area contributed by atoms with E-state index >= 15 is 0 Å². The quantitative estimate of drug-likeness (QED) is 0.784. The van der Waals surface area contributed by atoms with Crippen LogP contribution in [0.1, 0.15) is 11.7 Å². The van der Waals surface area contributed by atoms with Crippen molar-refractivity contribution in [3.05, 3.63) is 33.8 Å². The van der Waals surface area contributed by atoms with Crippen molar-refractivity contribution in [3.63, 3.8) is 0 Å². The van der Waals surface area contributed by atoms with E-state index in [9.17, 15) is 13.2 Å². The summed E-state index contributed by atoms with van der Waals surface area (Å²) in [5.74, 6) is 0. The molecule has 1 aliphatic heterocycles. The van der Waals surface area contributed by atoms with Gasteiger partial charge in [-0.25, -0.2) is 0 Å². The highest BCUT2D eigenvalue weighted by Crippen LogP contribution is 2.42. The minimum Gasteiger partial charge on any atom is -0.371 e. The Labute approximate surface area is 112 Å². The first-order valence-corrected chi connectivity index (χ1v) is 5.89. The number of rotatable bonds is 4. The minimum atomic E-state index is -4.58. The van der Waals surface area contributed by atoms with Crippen LogP contribution in [-0.2, 0) is 9.47 Å². The molecule has 0 bridgehead atoms. The van der Waals surface area contributed by atoms with Crippen molar-refractivity contribution in [3.8, 4) is 0 Å². The number of epoxide rings is 1. The van der Waals surface area contributed by atoms with Crippen LogP contribution in [0.2, 0.25) is 10.0 Å². The molecule has 100 valence electrons. The maximum atomic E-state index is 13.0. The Bertz CT molecular complexity index is 413. The highest BCUT2D eigenvalue weighted by atomic mass is 35.5. The molecule has 0 N–H and O–H groups in total. The van der Waals surface area contributed by atoms with Gasteiger partial charge in [0, 0.05) is 15.6 Å². The molecule has 0 radical (unpaired) electrons. The molecular weight excluding hydrogens is 292 g/mol. The smallest absolute Gasteiger partial charge is 0.371 e. The van der Waals surface area contributed by atoms with Gasteiger partial charge in [0.1, 0.15) is 6.10 Å². The Balaban J connectivity index is 2.26. The fraction of sp³-hybridized carbons (Fsp3) is 0.455. The molecule has 1 aromatic carbocycles. The third-order valence-electron chi connectivity index (χ3n) is 2.41. The van der Waals surface area contributed by atoms with Crippen LogP contribution in [0.25, 0.3) is 0 Å². The summed E-state index contributed by atoms with van der Waals surface area (Å²) in [5, 5.41) is -0.136. The predicted molar refractivity (Wildman–Crippen MR) is 61.0 cm³/mol. The first kappa shape index (κ1) is 13.9. The summed E-state index contributed by atoms with van der Waals surface area (Å²) in [6.45, 7) is 0.284. The lowest BCUT2D eigenvalue weighted by molar-refractivity contribution is -0.224. The standard InChI is InChI=1S/C11H9Cl2F3O2/c12-7-2-1-3-8(13)9(7)10(11(14,15)16)18-5-6-4-17-6/h1-3,6,10H,4-5H2/t6-,10+/m1/s1. The first-order valence-electron chi connectivity index (χ1n) is 5.13. The van der Waals surface area contributed by atoms with Crippen molar-refractivity contribution >= 4 is 23.2 Å². The van der Waals surface area contributed by atoms with Gasteiger partial charge in [-0.05, 0) is 12.1 Å². The van der Waals surface area contributed by atoms with Crippen LogP contribution in [0.4, 0.5) is 13.2 Å². The molecule has 0 aromatic heterocycles. The molecule has 0 unspecified atom stereocenters. The molecule has 7 heteroatoms. The van der Waals surface area contributed by atoms with Gasteiger partial charge in [0.05, 0.1) is 13.2 Å². The van der Waals surface area contributed by atoms with Gasteiger partial charge in [-0.3, -0.25) is 0 Å². The van der Waals surface area contributed by atoms with E-state index in [1.54, 1.807) is 0 Å². The Hall–Kier alpha value is -0.490. The molecule has 1 heterocycles. The maximum absolute atomic E-state index is 13.0. The van der Waals surface area contributed by atoms with Crippen molar-refractivity contribution in [1.29, 1.82) is 0 Å². The fourth-order valence-corrected chi connectivity index (χ4v) is 2.07. The maximum Gasteiger partial charge on any atom is 0.418 e. The summed E-state index contributed by atoms with van der Waals surface area (Å²) in [4.78, 5) is 0. The molecule has 2 atom stereocenters. The zero-order valence-corrected chi connectivity index (χ0v) is 10.5. The summed E-state index contributed by atoms with van der Waals surface area (Å²) in [5.41, 5.74) is -0.256. The van der Waals surface area contributed by atoms with E-state index in [2.05, 4.69) is 0 Å². The number of alkyl halides is 3. The Morgan fingerprint density at radius 1 is 1.33 bits per heavy atom. The van der Waals surface area contributed by atoms with Gasteiger partial charge in [0.15, 0.2) is 6.10 Å². The number of hydrogen-bond acceptors (Lipinski definition) is 2. The lowest BCUT2D eigenvalue weighted by atomic mass is 10.1. The van der Waals surface area contributed by atoms with E-state index in [-0.39, 0.29) is 28.3 Å². The third-order valence-corrected chi connectivity index (χ3v) is 3.07. The van der Waals surface area contributed by atoms with Gasteiger partial charge in [0.2, 0.25) is 0 Å². The van der Waals surface area contributed by atoms with Gasteiger partial charge in [-0.1, -0.05) is 29.3 Å². The zero-order chi connectivity index (χ0) is 13.3. The van der Waals surface area contributed by atoms with E-state index in [1.165, 1.54) is 18.2 Å². The summed E-state index contributed by atoms with van der Waals surface area (Å²) in [6.07, 6.45) is -6.98. The molecule has 1 aliphatic rings. The van der Waals surface area contributed by atoms with Crippen LogP contribution in [-0.4, -0.2) is 25.5 Å². The molecule has 0 saturated carbocycles. The summed E-state index contributed by atoms with van der Waals surface area (Å²) >= 11 is 11.5. The molecule has 1 fully saturated rings. The van der Waals surface area contributed by atoms with Crippen molar-refractivity contribution < 1.29 is 22.6 Å². The summed E-state index contributed by atoms with van der Waals surface area (Å²) in [6, 6.07) is 4.17.